The monoisotopic (exact) mass is 331 g/mol. The van der Waals surface area contributed by atoms with Gasteiger partial charge in [-0.1, -0.05) is 26.0 Å². The van der Waals surface area contributed by atoms with Gasteiger partial charge in [0.05, 0.1) is 0 Å². The minimum absolute atomic E-state index is 0.0130. The highest BCUT2D eigenvalue weighted by Crippen LogP contribution is 2.11. The molecule has 0 aliphatic carbocycles. The lowest BCUT2D eigenvalue weighted by molar-refractivity contribution is -0.131. The molecule has 5 nitrogen and oxygen atoms in total. The van der Waals surface area contributed by atoms with Gasteiger partial charge in [0.2, 0.25) is 5.91 Å². The Morgan fingerprint density at radius 1 is 1.12 bits per heavy atom. The highest BCUT2D eigenvalue weighted by Gasteiger charge is 2.24. The van der Waals surface area contributed by atoms with Crippen molar-refractivity contribution in [2.75, 3.05) is 26.2 Å². The lowest BCUT2D eigenvalue weighted by Gasteiger charge is -2.21. The molecule has 0 aromatic heterocycles. The summed E-state index contributed by atoms with van der Waals surface area (Å²) < 4.78 is 0. The summed E-state index contributed by atoms with van der Waals surface area (Å²) in [6.07, 6.45) is 2.11. The number of benzene rings is 1. The van der Waals surface area contributed by atoms with E-state index in [0.717, 1.165) is 45.6 Å². The van der Waals surface area contributed by atoms with E-state index in [4.69, 9.17) is 0 Å². The van der Waals surface area contributed by atoms with Crippen LogP contribution in [0.3, 0.4) is 0 Å². The van der Waals surface area contributed by atoms with Gasteiger partial charge in [0.25, 0.3) is 5.91 Å². The van der Waals surface area contributed by atoms with Crippen LogP contribution in [0, 0.1) is 0 Å². The number of nitrogens with one attached hydrogen (secondary N) is 1. The minimum atomic E-state index is -0.481. The van der Waals surface area contributed by atoms with E-state index < -0.39 is 6.04 Å². The van der Waals surface area contributed by atoms with Crippen LogP contribution in [0.15, 0.2) is 24.3 Å². The zero-order valence-electron chi connectivity index (χ0n) is 15.0. The fraction of sp³-hybridized carbons (Fsp3) is 0.579. The Balaban J connectivity index is 1.90. The van der Waals surface area contributed by atoms with Gasteiger partial charge in [-0.05, 0) is 50.6 Å². The Morgan fingerprint density at radius 2 is 1.71 bits per heavy atom. The van der Waals surface area contributed by atoms with E-state index >= 15 is 0 Å². The molecule has 132 valence electrons. The van der Waals surface area contributed by atoms with Crippen LogP contribution in [0.2, 0.25) is 0 Å². The van der Waals surface area contributed by atoms with Crippen molar-refractivity contribution in [3.63, 3.8) is 0 Å². The maximum atomic E-state index is 12.3. The lowest BCUT2D eigenvalue weighted by Crippen LogP contribution is -2.45. The molecule has 0 radical (unpaired) electrons. The third-order valence-corrected chi connectivity index (χ3v) is 4.65. The van der Waals surface area contributed by atoms with E-state index in [1.165, 1.54) is 5.56 Å². The number of hydrogen-bond acceptors (Lipinski definition) is 3. The van der Waals surface area contributed by atoms with Crippen molar-refractivity contribution < 1.29 is 9.59 Å². The fourth-order valence-corrected chi connectivity index (χ4v) is 3.02. The third-order valence-electron chi connectivity index (χ3n) is 4.65. The molecule has 0 saturated carbocycles. The molecule has 1 aliphatic heterocycles. The molecular weight excluding hydrogens is 302 g/mol. The second kappa shape index (κ2) is 8.83. The van der Waals surface area contributed by atoms with E-state index in [2.05, 4.69) is 24.1 Å². The van der Waals surface area contributed by atoms with Crippen LogP contribution in [0.1, 0.15) is 49.5 Å². The Morgan fingerprint density at radius 3 is 2.25 bits per heavy atom. The molecule has 1 heterocycles. The summed E-state index contributed by atoms with van der Waals surface area (Å²) in [5.74, 6) is -0.177. The van der Waals surface area contributed by atoms with Gasteiger partial charge in [-0.3, -0.25) is 14.5 Å². The lowest BCUT2D eigenvalue weighted by atomic mass is 10.1. The van der Waals surface area contributed by atoms with Crippen LogP contribution in [-0.2, 0) is 11.3 Å². The number of hydrogen-bond donors (Lipinski definition) is 1. The van der Waals surface area contributed by atoms with Crippen molar-refractivity contribution >= 4 is 11.8 Å². The Labute approximate surface area is 145 Å². The summed E-state index contributed by atoms with van der Waals surface area (Å²) in [5.41, 5.74) is 1.79. The van der Waals surface area contributed by atoms with Gasteiger partial charge in [-0.25, -0.2) is 0 Å². The first-order valence-corrected chi connectivity index (χ1v) is 8.96. The molecule has 1 N–H and O–H groups in total. The molecule has 1 aromatic rings. The van der Waals surface area contributed by atoms with Crippen LogP contribution in [-0.4, -0.2) is 53.8 Å². The Bertz CT molecular complexity index is 546. The van der Waals surface area contributed by atoms with E-state index in [1.54, 1.807) is 6.92 Å². The number of likely N-dealkylation sites (tertiary alicyclic amines) is 1. The summed E-state index contributed by atoms with van der Waals surface area (Å²) in [5, 5.41) is 2.81. The zero-order valence-corrected chi connectivity index (χ0v) is 15.0. The molecule has 2 rings (SSSR count). The molecular formula is C19H29N3O2. The number of amides is 2. The van der Waals surface area contributed by atoms with Gasteiger partial charge in [-0.15, -0.1) is 0 Å². The van der Waals surface area contributed by atoms with Crippen LogP contribution >= 0.6 is 0 Å². The topological polar surface area (TPSA) is 52.7 Å². The Kier molecular flexibility index (Phi) is 6.79. The van der Waals surface area contributed by atoms with Crippen LogP contribution in [0.5, 0.6) is 0 Å². The maximum Gasteiger partial charge on any atom is 0.251 e. The molecule has 1 atom stereocenters. The van der Waals surface area contributed by atoms with E-state index in [9.17, 15) is 9.59 Å². The number of nitrogens with zero attached hydrogens (tertiary/aromatic N) is 2. The normalized spacial score (nSPS) is 15.6. The zero-order chi connectivity index (χ0) is 17.5. The van der Waals surface area contributed by atoms with Gasteiger partial charge in [0.15, 0.2) is 0 Å². The molecule has 1 aliphatic rings. The predicted molar refractivity (Wildman–Crippen MR) is 95.8 cm³/mol. The van der Waals surface area contributed by atoms with Crippen molar-refractivity contribution in [3.8, 4) is 0 Å². The fourth-order valence-electron chi connectivity index (χ4n) is 3.02. The first-order valence-electron chi connectivity index (χ1n) is 8.96. The van der Waals surface area contributed by atoms with Gasteiger partial charge in [0.1, 0.15) is 6.04 Å². The smallest absolute Gasteiger partial charge is 0.251 e. The summed E-state index contributed by atoms with van der Waals surface area (Å²) in [6.45, 7) is 10.6. The molecule has 1 unspecified atom stereocenters. The number of carbonyl (C=O) groups is 2. The van der Waals surface area contributed by atoms with Crippen molar-refractivity contribution in [2.45, 2.75) is 46.2 Å². The molecule has 1 aromatic carbocycles. The standard InChI is InChI=1S/C19H29N3O2/c1-4-21(5-2)14-16-8-10-17(11-9-16)18(23)20-15(3)19(24)22-12-6-7-13-22/h8-11,15H,4-7,12-14H2,1-3H3,(H,20,23). The van der Waals surface area contributed by atoms with Gasteiger partial charge < -0.3 is 10.2 Å². The van der Waals surface area contributed by atoms with E-state index in [1.807, 2.05) is 29.2 Å². The van der Waals surface area contributed by atoms with Crippen LogP contribution in [0.25, 0.3) is 0 Å². The summed E-state index contributed by atoms with van der Waals surface area (Å²) >= 11 is 0. The summed E-state index contributed by atoms with van der Waals surface area (Å²) in [4.78, 5) is 28.7. The molecule has 1 fully saturated rings. The molecule has 0 bridgehead atoms. The number of carbonyl (C=O) groups excluding carboxylic acids is 2. The highest BCUT2D eigenvalue weighted by molar-refractivity contribution is 5.97. The van der Waals surface area contributed by atoms with Crippen molar-refractivity contribution in [1.29, 1.82) is 0 Å². The Hall–Kier alpha value is -1.88. The molecule has 1 saturated heterocycles. The van der Waals surface area contributed by atoms with Gasteiger partial charge in [-0.2, -0.15) is 0 Å². The van der Waals surface area contributed by atoms with Crippen LogP contribution < -0.4 is 5.32 Å². The van der Waals surface area contributed by atoms with E-state index in [0.29, 0.717) is 5.56 Å². The molecule has 5 heteroatoms. The average Bonchev–Trinajstić information content (AvgIpc) is 3.13. The predicted octanol–water partition coefficient (Wildman–Crippen LogP) is 2.27. The first kappa shape index (κ1) is 18.5. The second-order valence-electron chi connectivity index (χ2n) is 6.39. The minimum Gasteiger partial charge on any atom is -0.341 e. The maximum absolute atomic E-state index is 12.3. The molecule has 0 spiro atoms. The first-order chi connectivity index (χ1) is 11.5. The van der Waals surface area contributed by atoms with Crippen LogP contribution in [0.4, 0.5) is 0 Å². The highest BCUT2D eigenvalue weighted by atomic mass is 16.2. The third kappa shape index (κ3) is 4.81. The van der Waals surface area contributed by atoms with Gasteiger partial charge in [0, 0.05) is 25.2 Å². The molecule has 2 amide bonds. The van der Waals surface area contributed by atoms with Crippen molar-refractivity contribution in [3.05, 3.63) is 35.4 Å². The van der Waals surface area contributed by atoms with Crippen molar-refractivity contribution in [1.82, 2.24) is 15.1 Å². The van der Waals surface area contributed by atoms with E-state index in [-0.39, 0.29) is 11.8 Å². The van der Waals surface area contributed by atoms with Gasteiger partial charge >= 0.3 is 0 Å². The SMILES string of the molecule is CCN(CC)Cc1ccc(C(=O)NC(C)C(=O)N2CCCC2)cc1. The van der Waals surface area contributed by atoms with Crippen molar-refractivity contribution in [2.24, 2.45) is 0 Å². The average molecular weight is 331 g/mol. The molecule has 24 heavy (non-hydrogen) atoms. The summed E-state index contributed by atoms with van der Waals surface area (Å²) in [6, 6.07) is 7.16. The number of rotatable bonds is 7. The second-order valence-corrected chi connectivity index (χ2v) is 6.39. The largest absolute Gasteiger partial charge is 0.341 e. The quantitative estimate of drug-likeness (QED) is 0.834. The summed E-state index contributed by atoms with van der Waals surface area (Å²) in [7, 11) is 0.